The molecule has 370 valence electrons. The van der Waals surface area contributed by atoms with Gasteiger partial charge in [0.2, 0.25) is 5.89 Å². The largest absolute Gasteiger partial charge is 0.470 e. The number of carbonyl (C=O) groups is 3. The third-order valence-electron chi connectivity index (χ3n) is 11.2. The van der Waals surface area contributed by atoms with E-state index in [-0.39, 0.29) is 76.9 Å². The van der Waals surface area contributed by atoms with Crippen molar-refractivity contribution >= 4 is 52.4 Å². The molecule has 15 nitrogen and oxygen atoms in total. The number of rotatable bonds is 13. The molecule has 0 spiro atoms. The summed E-state index contributed by atoms with van der Waals surface area (Å²) in [4.78, 5) is 48.3. The molecule has 0 bridgehead atoms. The van der Waals surface area contributed by atoms with Gasteiger partial charge in [-0.1, -0.05) is 41.4 Å². The first kappa shape index (κ1) is 52.5. The van der Waals surface area contributed by atoms with Crippen LogP contribution in [0.4, 0.5) is 51.7 Å². The summed E-state index contributed by atoms with van der Waals surface area (Å²) >= 11 is 11.9. The highest BCUT2D eigenvalue weighted by Gasteiger charge is 2.38. The molecule has 0 radical (unpaired) electrons. The number of Topliss-reactive ketones (excluding diaryl/α,β-unsaturated/α-hetero) is 1. The maximum absolute atomic E-state index is 15.1. The first-order chi connectivity index (χ1) is 32.9. The van der Waals surface area contributed by atoms with E-state index in [2.05, 4.69) is 14.6 Å². The average Bonchev–Trinajstić information content (AvgIpc) is 3.85. The summed E-state index contributed by atoms with van der Waals surface area (Å²) in [6, 6.07) is 14.2. The molecule has 7 rings (SSSR count). The fourth-order valence-electron chi connectivity index (χ4n) is 7.36. The van der Waals surface area contributed by atoms with Gasteiger partial charge in [-0.05, 0) is 54.6 Å². The van der Waals surface area contributed by atoms with Crippen molar-refractivity contribution in [2.75, 3.05) is 95.0 Å². The summed E-state index contributed by atoms with van der Waals surface area (Å²) in [5, 5.41) is 24.1. The topological polar surface area (TPSA) is 176 Å². The number of carbonyl (C=O) groups excluding carboxylic acids is 3. The van der Waals surface area contributed by atoms with Crippen molar-refractivity contribution in [3.05, 3.63) is 129 Å². The molecule has 2 aliphatic rings. The lowest BCUT2D eigenvalue weighted by atomic mass is 10.1. The number of aliphatic hydroxyl groups excluding tert-OH is 2. The molecule has 24 heteroatoms. The molecule has 2 fully saturated rings. The van der Waals surface area contributed by atoms with Crippen LogP contribution >= 0.6 is 23.2 Å². The van der Waals surface area contributed by atoms with E-state index in [1.54, 1.807) is 9.80 Å². The third-order valence-corrected chi connectivity index (χ3v) is 11.8. The second kappa shape index (κ2) is 23.6. The zero-order chi connectivity index (χ0) is 50.0. The van der Waals surface area contributed by atoms with Crippen molar-refractivity contribution in [1.82, 2.24) is 29.8 Å². The summed E-state index contributed by atoms with van der Waals surface area (Å²) in [6.45, 7) is 4.17. The van der Waals surface area contributed by atoms with E-state index < -0.39 is 53.0 Å². The Morgan fingerprint density at radius 3 is 1.49 bits per heavy atom. The highest BCUT2D eigenvalue weighted by atomic mass is 35.5. The summed E-state index contributed by atoms with van der Waals surface area (Å²) in [7, 11) is 0. The molecule has 69 heavy (non-hydrogen) atoms. The Labute approximate surface area is 401 Å². The van der Waals surface area contributed by atoms with Crippen LogP contribution in [-0.2, 0) is 19.3 Å². The van der Waals surface area contributed by atoms with Crippen LogP contribution in [0.25, 0.3) is 11.5 Å². The Balaban J connectivity index is 0.000000229. The summed E-state index contributed by atoms with van der Waals surface area (Å²) in [6.07, 6.45) is -4.84. The standard InChI is InChI=1S/C23H21ClF5N5O3.C22H25ClF2N4O3/c24-17-12-16(3-4-18(17)25)34(22(36)33-7-5-32(6-8-33)9-10-35)13-15-2-1-14(11-19(15)26)20-30-31-21(37-20)23(27,28)29;23-18-12-17(3-4-19(18)24)29(22(32)28-7-5-27(6-8-28)9-10-30)14-16-2-1-15(11-20(16)25)21(31)13-26/h1-4,11-12,35H,5-10,13H2;1-4,11-12,30H,5-10,13-14,26H2. The van der Waals surface area contributed by atoms with Crippen molar-refractivity contribution in [3.63, 3.8) is 0 Å². The van der Waals surface area contributed by atoms with Crippen LogP contribution in [-0.4, -0.2) is 143 Å². The van der Waals surface area contributed by atoms with Crippen molar-refractivity contribution in [2.45, 2.75) is 19.3 Å². The number of urea groups is 2. The SMILES string of the molecule is NCC(=O)c1ccc(CN(C(=O)N2CCN(CCO)CC2)c2ccc(F)c(Cl)c2)c(F)c1.O=C(N1CCN(CCO)CC1)N(Cc1ccc(-c2nnc(C(F)(F)F)o2)cc1F)c1ccc(F)c(Cl)c1. The zero-order valence-corrected chi connectivity index (χ0v) is 38.1. The maximum Gasteiger partial charge on any atom is 0.470 e. The molecular weight excluding hydrogens is 966 g/mol. The predicted octanol–water partition coefficient (Wildman–Crippen LogP) is 6.92. The molecule has 5 aromatic rings. The summed E-state index contributed by atoms with van der Waals surface area (Å²) in [5.41, 5.74) is 6.18. The van der Waals surface area contributed by atoms with E-state index in [1.165, 1.54) is 58.3 Å². The van der Waals surface area contributed by atoms with Gasteiger partial charge in [0.25, 0.3) is 0 Å². The number of amides is 4. The number of nitrogens with zero attached hydrogens (tertiary/aromatic N) is 8. The van der Waals surface area contributed by atoms with Crippen molar-refractivity contribution in [2.24, 2.45) is 5.73 Å². The fourth-order valence-corrected chi connectivity index (χ4v) is 7.71. The van der Waals surface area contributed by atoms with Gasteiger partial charge < -0.3 is 30.2 Å². The molecule has 0 saturated carbocycles. The Bertz CT molecular complexity index is 2600. The number of ketones is 1. The Morgan fingerprint density at radius 2 is 1.10 bits per heavy atom. The lowest BCUT2D eigenvalue weighted by Crippen LogP contribution is -2.53. The predicted molar refractivity (Wildman–Crippen MR) is 241 cm³/mol. The second-order valence-corrected chi connectivity index (χ2v) is 16.5. The lowest BCUT2D eigenvalue weighted by molar-refractivity contribution is -0.156. The number of aromatic nitrogens is 2. The number of anilines is 2. The number of aliphatic hydroxyl groups is 2. The molecule has 1 aromatic heterocycles. The van der Waals surface area contributed by atoms with Gasteiger partial charge in [-0.3, -0.25) is 24.4 Å². The van der Waals surface area contributed by atoms with Crippen LogP contribution in [0, 0.1) is 23.3 Å². The van der Waals surface area contributed by atoms with Crippen LogP contribution in [0.5, 0.6) is 0 Å². The highest BCUT2D eigenvalue weighted by molar-refractivity contribution is 6.31. The maximum atomic E-state index is 15.1. The minimum Gasteiger partial charge on any atom is -0.413 e. The number of nitrogens with two attached hydrogens (primary N) is 1. The van der Waals surface area contributed by atoms with Crippen molar-refractivity contribution in [3.8, 4) is 11.5 Å². The average molecular weight is 1010 g/mol. The first-order valence-electron chi connectivity index (χ1n) is 21.3. The monoisotopic (exact) mass is 1010 g/mol. The summed E-state index contributed by atoms with van der Waals surface area (Å²) < 4.78 is 100. The molecule has 2 aliphatic heterocycles. The van der Waals surface area contributed by atoms with Crippen molar-refractivity contribution < 1.29 is 59.7 Å². The minimum atomic E-state index is -4.84. The molecule has 0 atom stereocenters. The van der Waals surface area contributed by atoms with Gasteiger partial charge in [0.15, 0.2) is 5.78 Å². The molecule has 2 saturated heterocycles. The highest BCUT2D eigenvalue weighted by Crippen LogP contribution is 2.32. The van der Waals surface area contributed by atoms with Gasteiger partial charge >= 0.3 is 24.1 Å². The quantitative estimate of drug-likeness (QED) is 0.0825. The Hall–Kier alpha value is -5.88. The summed E-state index contributed by atoms with van der Waals surface area (Å²) in [5.74, 6) is -5.27. The van der Waals surface area contributed by atoms with Crippen LogP contribution in [0.2, 0.25) is 10.0 Å². The normalized spacial score (nSPS) is 14.6. The molecule has 4 aromatic carbocycles. The molecule has 0 unspecified atom stereocenters. The fraction of sp³-hybridized carbons (Fsp3) is 0.356. The van der Waals surface area contributed by atoms with Gasteiger partial charge in [0.05, 0.1) is 42.9 Å². The van der Waals surface area contributed by atoms with Crippen LogP contribution in [0.3, 0.4) is 0 Å². The van der Waals surface area contributed by atoms with Gasteiger partial charge in [-0.15, -0.1) is 10.2 Å². The van der Waals surface area contributed by atoms with E-state index in [4.69, 9.17) is 39.1 Å². The smallest absolute Gasteiger partial charge is 0.413 e. The number of piperazine rings is 2. The van der Waals surface area contributed by atoms with E-state index >= 15 is 4.39 Å². The number of hydrogen-bond acceptors (Lipinski definition) is 11. The number of β-amino-alcohol motifs (C(OH)–C–C–N with tert-alkyl or cyclic N) is 2. The number of benzene rings is 4. The van der Waals surface area contributed by atoms with Gasteiger partial charge in [0, 0.05) is 99.1 Å². The van der Waals surface area contributed by atoms with E-state index in [9.17, 15) is 40.7 Å². The van der Waals surface area contributed by atoms with Gasteiger partial charge in [0.1, 0.15) is 23.3 Å². The van der Waals surface area contributed by atoms with Crippen LogP contribution in [0.1, 0.15) is 27.4 Å². The molecule has 4 N–H and O–H groups in total. The molecule has 0 aliphatic carbocycles. The minimum absolute atomic E-state index is 0.00940. The number of halogens is 9. The Kier molecular flexibility index (Phi) is 18.0. The zero-order valence-electron chi connectivity index (χ0n) is 36.6. The third kappa shape index (κ3) is 13.5. The lowest BCUT2D eigenvalue weighted by Gasteiger charge is -2.37. The molecular formula is C45H46Cl2F7N9O6. The van der Waals surface area contributed by atoms with E-state index in [1.807, 2.05) is 9.80 Å². The first-order valence-corrected chi connectivity index (χ1v) is 22.1. The van der Waals surface area contributed by atoms with E-state index in [0.717, 1.165) is 24.3 Å². The van der Waals surface area contributed by atoms with Gasteiger partial charge in [-0.25, -0.2) is 27.2 Å². The number of alkyl halides is 3. The second-order valence-electron chi connectivity index (χ2n) is 15.7. The Morgan fingerprint density at radius 1 is 0.638 bits per heavy atom. The van der Waals surface area contributed by atoms with Gasteiger partial charge in [-0.2, -0.15) is 13.2 Å². The van der Waals surface area contributed by atoms with E-state index in [0.29, 0.717) is 71.1 Å². The molecule has 3 heterocycles. The van der Waals surface area contributed by atoms with Crippen LogP contribution in [0.15, 0.2) is 77.2 Å². The van der Waals surface area contributed by atoms with Crippen LogP contribution < -0.4 is 15.5 Å². The number of hydrogen-bond donors (Lipinski definition) is 3. The van der Waals surface area contributed by atoms with Crippen molar-refractivity contribution in [1.29, 1.82) is 0 Å². The molecule has 4 amide bonds.